The molecule has 1 N–H and O–H groups in total. The molecule has 3 nitrogen and oxygen atoms in total. The first-order valence-electron chi connectivity index (χ1n) is 6.17. The summed E-state index contributed by atoms with van der Waals surface area (Å²) >= 11 is 0. The predicted molar refractivity (Wildman–Crippen MR) is 66.3 cm³/mol. The van der Waals surface area contributed by atoms with Gasteiger partial charge in [-0.2, -0.15) is 0 Å². The van der Waals surface area contributed by atoms with Crippen molar-refractivity contribution in [2.75, 3.05) is 19.6 Å². The van der Waals surface area contributed by atoms with Gasteiger partial charge in [-0.05, 0) is 25.5 Å². The van der Waals surface area contributed by atoms with Gasteiger partial charge in [0.2, 0.25) is 0 Å². The second-order valence-corrected chi connectivity index (χ2v) is 4.51. The van der Waals surface area contributed by atoms with Crippen LogP contribution in [0.15, 0.2) is 18.2 Å². The van der Waals surface area contributed by atoms with E-state index in [2.05, 4.69) is 47.2 Å². The Morgan fingerprint density at radius 3 is 3.12 bits per heavy atom. The lowest BCUT2D eigenvalue weighted by Gasteiger charge is -2.35. The van der Waals surface area contributed by atoms with Crippen LogP contribution in [0.3, 0.4) is 0 Å². The summed E-state index contributed by atoms with van der Waals surface area (Å²) in [5.41, 5.74) is 2.31. The van der Waals surface area contributed by atoms with Crippen LogP contribution in [0.2, 0.25) is 0 Å². The monoisotopic (exact) mass is 219 g/mol. The molecule has 3 heteroatoms. The fourth-order valence-electron chi connectivity index (χ4n) is 2.31. The van der Waals surface area contributed by atoms with Gasteiger partial charge in [0.1, 0.15) is 0 Å². The standard InChI is InChI=1S/C13H21N3/c1-3-13-9-14-7-8-16(13)10-12-6-4-5-11(2)15-12/h4-6,13-14H,3,7-10H2,1-2H3. The Morgan fingerprint density at radius 2 is 2.38 bits per heavy atom. The zero-order valence-electron chi connectivity index (χ0n) is 10.2. The van der Waals surface area contributed by atoms with Gasteiger partial charge in [0, 0.05) is 37.9 Å². The van der Waals surface area contributed by atoms with Crippen LogP contribution in [0.5, 0.6) is 0 Å². The molecule has 0 aromatic carbocycles. The summed E-state index contributed by atoms with van der Waals surface area (Å²) in [6.45, 7) is 8.65. The summed E-state index contributed by atoms with van der Waals surface area (Å²) in [5, 5.41) is 3.45. The van der Waals surface area contributed by atoms with Crippen molar-refractivity contribution in [2.45, 2.75) is 32.9 Å². The zero-order chi connectivity index (χ0) is 11.4. The Morgan fingerprint density at radius 1 is 1.50 bits per heavy atom. The SMILES string of the molecule is CCC1CNCCN1Cc1cccc(C)n1. The Hall–Kier alpha value is -0.930. The van der Waals surface area contributed by atoms with Crippen LogP contribution in [0.1, 0.15) is 24.7 Å². The summed E-state index contributed by atoms with van der Waals surface area (Å²) in [6.07, 6.45) is 1.21. The Balaban J connectivity index is 2.02. The van der Waals surface area contributed by atoms with Crippen molar-refractivity contribution in [3.8, 4) is 0 Å². The third-order valence-corrected chi connectivity index (χ3v) is 3.25. The number of aromatic nitrogens is 1. The largest absolute Gasteiger partial charge is 0.314 e. The maximum absolute atomic E-state index is 4.57. The van der Waals surface area contributed by atoms with Crippen LogP contribution in [-0.2, 0) is 6.54 Å². The number of piperazine rings is 1. The number of hydrogen-bond acceptors (Lipinski definition) is 3. The Bertz CT molecular complexity index is 338. The van der Waals surface area contributed by atoms with E-state index in [0.29, 0.717) is 6.04 Å². The highest BCUT2D eigenvalue weighted by Gasteiger charge is 2.20. The number of hydrogen-bond donors (Lipinski definition) is 1. The zero-order valence-corrected chi connectivity index (χ0v) is 10.2. The van der Waals surface area contributed by atoms with Gasteiger partial charge in [-0.1, -0.05) is 13.0 Å². The quantitative estimate of drug-likeness (QED) is 0.836. The van der Waals surface area contributed by atoms with Gasteiger partial charge in [-0.3, -0.25) is 9.88 Å². The van der Waals surface area contributed by atoms with Crippen LogP contribution in [0.4, 0.5) is 0 Å². The summed E-state index contributed by atoms with van der Waals surface area (Å²) in [7, 11) is 0. The number of pyridine rings is 1. The fourth-order valence-corrected chi connectivity index (χ4v) is 2.31. The van der Waals surface area contributed by atoms with Crippen LogP contribution >= 0.6 is 0 Å². The van der Waals surface area contributed by atoms with Gasteiger partial charge in [-0.15, -0.1) is 0 Å². The molecule has 0 aliphatic carbocycles. The minimum atomic E-state index is 0.663. The average molecular weight is 219 g/mol. The fraction of sp³-hybridized carbons (Fsp3) is 0.615. The minimum absolute atomic E-state index is 0.663. The van der Waals surface area contributed by atoms with E-state index in [9.17, 15) is 0 Å². The molecular weight excluding hydrogens is 198 g/mol. The van der Waals surface area contributed by atoms with Crippen molar-refractivity contribution in [3.05, 3.63) is 29.6 Å². The lowest BCUT2D eigenvalue weighted by molar-refractivity contribution is 0.147. The Labute approximate surface area is 97.9 Å². The van der Waals surface area contributed by atoms with E-state index < -0.39 is 0 Å². The molecule has 1 atom stereocenters. The smallest absolute Gasteiger partial charge is 0.0547 e. The molecule has 0 amide bonds. The van der Waals surface area contributed by atoms with E-state index in [4.69, 9.17) is 0 Å². The number of rotatable bonds is 3. The summed E-state index contributed by atoms with van der Waals surface area (Å²) in [4.78, 5) is 7.11. The lowest BCUT2D eigenvalue weighted by Crippen LogP contribution is -2.50. The molecule has 1 aliphatic heterocycles. The van der Waals surface area contributed by atoms with Crippen molar-refractivity contribution < 1.29 is 0 Å². The highest BCUT2D eigenvalue weighted by molar-refractivity contribution is 5.10. The molecule has 0 bridgehead atoms. The van der Waals surface area contributed by atoms with Crippen molar-refractivity contribution in [3.63, 3.8) is 0 Å². The molecule has 1 saturated heterocycles. The van der Waals surface area contributed by atoms with Crippen molar-refractivity contribution in [2.24, 2.45) is 0 Å². The first-order valence-corrected chi connectivity index (χ1v) is 6.17. The first-order chi connectivity index (χ1) is 7.79. The Kier molecular flexibility index (Phi) is 3.91. The molecule has 0 radical (unpaired) electrons. The van der Waals surface area contributed by atoms with Gasteiger partial charge < -0.3 is 5.32 Å². The van der Waals surface area contributed by atoms with E-state index in [1.807, 2.05) is 0 Å². The highest BCUT2D eigenvalue weighted by atomic mass is 15.2. The molecule has 1 aliphatic rings. The third-order valence-electron chi connectivity index (χ3n) is 3.25. The lowest BCUT2D eigenvalue weighted by atomic mass is 10.1. The predicted octanol–water partition coefficient (Wildman–Crippen LogP) is 1.57. The molecule has 16 heavy (non-hydrogen) atoms. The topological polar surface area (TPSA) is 28.2 Å². The molecular formula is C13H21N3. The van der Waals surface area contributed by atoms with Gasteiger partial charge in [-0.25, -0.2) is 0 Å². The van der Waals surface area contributed by atoms with Crippen LogP contribution in [0, 0.1) is 6.92 Å². The molecule has 88 valence electrons. The van der Waals surface area contributed by atoms with Crippen LogP contribution < -0.4 is 5.32 Å². The van der Waals surface area contributed by atoms with E-state index in [1.54, 1.807) is 0 Å². The second-order valence-electron chi connectivity index (χ2n) is 4.51. The maximum Gasteiger partial charge on any atom is 0.0547 e. The van der Waals surface area contributed by atoms with E-state index >= 15 is 0 Å². The summed E-state index contributed by atoms with van der Waals surface area (Å²) < 4.78 is 0. The molecule has 1 aromatic rings. The third kappa shape index (κ3) is 2.80. The van der Waals surface area contributed by atoms with Crippen molar-refractivity contribution in [1.82, 2.24) is 15.2 Å². The summed E-state index contributed by atoms with van der Waals surface area (Å²) in [6, 6.07) is 6.94. The molecule has 2 rings (SSSR count). The van der Waals surface area contributed by atoms with Gasteiger partial charge in [0.25, 0.3) is 0 Å². The maximum atomic E-state index is 4.57. The average Bonchev–Trinajstić information content (AvgIpc) is 2.30. The molecule has 2 heterocycles. The van der Waals surface area contributed by atoms with Crippen LogP contribution in [-0.4, -0.2) is 35.6 Å². The van der Waals surface area contributed by atoms with Crippen molar-refractivity contribution >= 4 is 0 Å². The normalized spacial score (nSPS) is 22.2. The number of nitrogens with zero attached hydrogens (tertiary/aromatic N) is 2. The first kappa shape index (κ1) is 11.6. The van der Waals surface area contributed by atoms with Gasteiger partial charge in [0.15, 0.2) is 0 Å². The molecule has 1 fully saturated rings. The second kappa shape index (κ2) is 5.41. The molecule has 0 saturated carbocycles. The van der Waals surface area contributed by atoms with Crippen molar-refractivity contribution in [1.29, 1.82) is 0 Å². The molecule has 0 spiro atoms. The van der Waals surface area contributed by atoms with Crippen LogP contribution in [0.25, 0.3) is 0 Å². The molecule has 1 aromatic heterocycles. The van der Waals surface area contributed by atoms with E-state index in [0.717, 1.165) is 31.9 Å². The highest BCUT2D eigenvalue weighted by Crippen LogP contribution is 2.11. The van der Waals surface area contributed by atoms with E-state index in [-0.39, 0.29) is 0 Å². The van der Waals surface area contributed by atoms with Gasteiger partial charge in [0.05, 0.1) is 5.69 Å². The van der Waals surface area contributed by atoms with E-state index in [1.165, 1.54) is 12.1 Å². The van der Waals surface area contributed by atoms with Gasteiger partial charge >= 0.3 is 0 Å². The molecule has 1 unspecified atom stereocenters. The summed E-state index contributed by atoms with van der Waals surface area (Å²) in [5.74, 6) is 0. The number of nitrogens with one attached hydrogen (secondary N) is 1. The minimum Gasteiger partial charge on any atom is -0.314 e. The number of aryl methyl sites for hydroxylation is 1.